The van der Waals surface area contributed by atoms with Gasteiger partial charge in [-0.15, -0.1) is 11.8 Å². The number of benzene rings is 2. The van der Waals surface area contributed by atoms with Crippen molar-refractivity contribution in [1.29, 1.82) is 0 Å². The van der Waals surface area contributed by atoms with Crippen molar-refractivity contribution in [2.24, 2.45) is 0 Å². The van der Waals surface area contributed by atoms with Crippen LogP contribution in [0.3, 0.4) is 0 Å². The largest absolute Gasteiger partial charge is 0.493 e. The molecule has 8 heteroatoms. The molecular formula is C22H25ClN2O4S. The van der Waals surface area contributed by atoms with Crippen molar-refractivity contribution < 1.29 is 19.1 Å². The Morgan fingerprint density at radius 1 is 1.23 bits per heavy atom. The first-order valence-corrected chi connectivity index (χ1v) is 11.2. The van der Waals surface area contributed by atoms with E-state index in [4.69, 9.17) is 21.1 Å². The van der Waals surface area contributed by atoms with Crippen LogP contribution >= 0.6 is 23.4 Å². The molecule has 160 valence electrons. The maximum atomic E-state index is 13.2. The minimum absolute atomic E-state index is 0.208. The Labute approximate surface area is 185 Å². The fourth-order valence-electron chi connectivity index (χ4n) is 3.20. The highest BCUT2D eigenvalue weighted by Gasteiger charge is 2.35. The van der Waals surface area contributed by atoms with Crippen molar-refractivity contribution in [1.82, 2.24) is 4.90 Å². The molecule has 1 unspecified atom stereocenters. The van der Waals surface area contributed by atoms with Crippen LogP contribution in [0.4, 0.5) is 5.69 Å². The standard InChI is InChI=1S/C22H25ClN2O4S/c1-5-29-20-17(23)9-15(10-19(20)28-4)22(27)25-12-30-11-18(25)21(26)24-16-7-6-13(2)14(3)8-16/h6-10,18H,5,11-12H2,1-4H3,(H,24,26). The number of hydrogen-bond donors (Lipinski definition) is 1. The summed E-state index contributed by atoms with van der Waals surface area (Å²) in [6.45, 7) is 6.28. The number of aryl methyl sites for hydroxylation is 2. The molecule has 0 bridgehead atoms. The summed E-state index contributed by atoms with van der Waals surface area (Å²) in [6, 6.07) is 8.34. The van der Waals surface area contributed by atoms with Crippen molar-refractivity contribution in [3.63, 3.8) is 0 Å². The number of thioether (sulfide) groups is 1. The fraction of sp³-hybridized carbons (Fsp3) is 0.364. The van der Waals surface area contributed by atoms with Gasteiger partial charge in [0.2, 0.25) is 5.91 Å². The number of nitrogens with zero attached hydrogens (tertiary/aromatic N) is 1. The minimum Gasteiger partial charge on any atom is -0.493 e. The highest BCUT2D eigenvalue weighted by molar-refractivity contribution is 7.99. The molecule has 1 atom stereocenters. The number of methoxy groups -OCH3 is 1. The summed E-state index contributed by atoms with van der Waals surface area (Å²) < 4.78 is 10.9. The van der Waals surface area contributed by atoms with E-state index in [0.29, 0.717) is 40.3 Å². The fourth-order valence-corrected chi connectivity index (χ4v) is 4.62. The quantitative estimate of drug-likeness (QED) is 0.703. The summed E-state index contributed by atoms with van der Waals surface area (Å²) in [5.74, 6) is 1.26. The van der Waals surface area contributed by atoms with E-state index in [1.807, 2.05) is 39.0 Å². The van der Waals surface area contributed by atoms with E-state index in [2.05, 4.69) is 5.32 Å². The maximum Gasteiger partial charge on any atom is 0.255 e. The molecule has 3 rings (SSSR count). The summed E-state index contributed by atoms with van der Waals surface area (Å²) in [7, 11) is 1.49. The van der Waals surface area contributed by atoms with Gasteiger partial charge in [-0.2, -0.15) is 0 Å². The molecule has 0 spiro atoms. The molecule has 1 aliphatic heterocycles. The Kier molecular flexibility index (Phi) is 7.15. The Hall–Kier alpha value is -2.38. The summed E-state index contributed by atoms with van der Waals surface area (Å²) in [6.07, 6.45) is 0. The van der Waals surface area contributed by atoms with Crippen LogP contribution in [0.15, 0.2) is 30.3 Å². The van der Waals surface area contributed by atoms with Crippen molar-refractivity contribution in [2.75, 3.05) is 30.7 Å². The van der Waals surface area contributed by atoms with Crippen LogP contribution < -0.4 is 14.8 Å². The lowest BCUT2D eigenvalue weighted by Gasteiger charge is -2.24. The number of carbonyl (C=O) groups is 2. The average Bonchev–Trinajstić information content (AvgIpc) is 3.21. The van der Waals surface area contributed by atoms with Gasteiger partial charge in [-0.1, -0.05) is 17.7 Å². The van der Waals surface area contributed by atoms with Gasteiger partial charge in [0, 0.05) is 17.0 Å². The Balaban J connectivity index is 1.80. The summed E-state index contributed by atoms with van der Waals surface area (Å²) in [5.41, 5.74) is 3.32. The van der Waals surface area contributed by atoms with Crippen molar-refractivity contribution in [3.8, 4) is 11.5 Å². The highest BCUT2D eigenvalue weighted by Crippen LogP contribution is 2.37. The number of anilines is 1. The lowest BCUT2D eigenvalue weighted by Crippen LogP contribution is -2.44. The van der Waals surface area contributed by atoms with E-state index in [1.165, 1.54) is 18.9 Å². The third-order valence-electron chi connectivity index (χ3n) is 4.99. The van der Waals surface area contributed by atoms with Crippen molar-refractivity contribution >= 4 is 40.9 Å². The number of rotatable bonds is 6. The zero-order chi connectivity index (χ0) is 21.8. The van der Waals surface area contributed by atoms with Crippen LogP contribution in [-0.2, 0) is 4.79 Å². The summed E-state index contributed by atoms with van der Waals surface area (Å²) in [5, 5.41) is 3.23. The number of nitrogens with one attached hydrogen (secondary N) is 1. The number of carbonyl (C=O) groups excluding carboxylic acids is 2. The molecule has 2 aromatic carbocycles. The molecule has 2 amide bonds. The second-order valence-electron chi connectivity index (χ2n) is 7.00. The van der Waals surface area contributed by atoms with E-state index in [-0.39, 0.29) is 11.8 Å². The SMILES string of the molecule is CCOc1c(Cl)cc(C(=O)N2CSCC2C(=O)Nc2ccc(C)c(C)c2)cc1OC. The third-order valence-corrected chi connectivity index (χ3v) is 6.28. The molecule has 0 saturated carbocycles. The van der Waals surface area contributed by atoms with Crippen LogP contribution in [0, 0.1) is 13.8 Å². The number of hydrogen-bond acceptors (Lipinski definition) is 5. The number of halogens is 1. The van der Waals surface area contributed by atoms with Gasteiger partial charge in [0.1, 0.15) is 6.04 Å². The lowest BCUT2D eigenvalue weighted by molar-refractivity contribution is -0.119. The summed E-state index contributed by atoms with van der Waals surface area (Å²) in [4.78, 5) is 27.6. The van der Waals surface area contributed by atoms with Gasteiger partial charge >= 0.3 is 0 Å². The van der Waals surface area contributed by atoms with Gasteiger partial charge in [-0.25, -0.2) is 0 Å². The number of ether oxygens (including phenoxy) is 2. The summed E-state index contributed by atoms with van der Waals surface area (Å²) >= 11 is 7.85. The van der Waals surface area contributed by atoms with Crippen LogP contribution in [0.1, 0.15) is 28.4 Å². The van der Waals surface area contributed by atoms with Gasteiger partial charge < -0.3 is 19.7 Å². The van der Waals surface area contributed by atoms with Crippen LogP contribution in [0.25, 0.3) is 0 Å². The van der Waals surface area contributed by atoms with E-state index < -0.39 is 6.04 Å². The average molecular weight is 449 g/mol. The zero-order valence-electron chi connectivity index (χ0n) is 17.5. The highest BCUT2D eigenvalue weighted by atomic mass is 35.5. The Morgan fingerprint density at radius 2 is 2.00 bits per heavy atom. The van der Waals surface area contributed by atoms with Gasteiger partial charge in [0.25, 0.3) is 5.91 Å². The normalized spacial score (nSPS) is 15.8. The van der Waals surface area contributed by atoms with E-state index in [9.17, 15) is 9.59 Å². The van der Waals surface area contributed by atoms with E-state index >= 15 is 0 Å². The first-order valence-electron chi connectivity index (χ1n) is 9.62. The Bertz CT molecular complexity index is 966. The van der Waals surface area contributed by atoms with Gasteiger partial charge in [0.05, 0.1) is 24.6 Å². The van der Waals surface area contributed by atoms with Gasteiger partial charge in [-0.3, -0.25) is 9.59 Å². The minimum atomic E-state index is -0.569. The predicted octanol–water partition coefficient (Wildman–Crippen LogP) is 4.52. The van der Waals surface area contributed by atoms with E-state index in [0.717, 1.165) is 16.8 Å². The molecular weight excluding hydrogens is 424 g/mol. The second kappa shape index (κ2) is 9.62. The molecule has 0 aromatic heterocycles. The molecule has 1 N–H and O–H groups in total. The van der Waals surface area contributed by atoms with Crippen molar-refractivity contribution in [2.45, 2.75) is 26.8 Å². The third kappa shape index (κ3) is 4.68. The van der Waals surface area contributed by atoms with Gasteiger partial charge in [0.15, 0.2) is 11.5 Å². The zero-order valence-corrected chi connectivity index (χ0v) is 19.0. The van der Waals surface area contributed by atoms with Crippen LogP contribution in [0.2, 0.25) is 5.02 Å². The molecule has 0 aliphatic carbocycles. The smallest absolute Gasteiger partial charge is 0.255 e. The predicted molar refractivity (Wildman–Crippen MR) is 121 cm³/mol. The number of amides is 2. The first-order chi connectivity index (χ1) is 14.3. The molecule has 2 aromatic rings. The first kappa shape index (κ1) is 22.3. The molecule has 1 aliphatic rings. The molecule has 0 radical (unpaired) electrons. The maximum absolute atomic E-state index is 13.2. The topological polar surface area (TPSA) is 67.9 Å². The van der Waals surface area contributed by atoms with Crippen molar-refractivity contribution in [3.05, 3.63) is 52.0 Å². The van der Waals surface area contributed by atoms with Crippen LogP contribution in [-0.4, -0.2) is 48.1 Å². The molecule has 1 saturated heterocycles. The molecule has 6 nitrogen and oxygen atoms in total. The van der Waals surface area contributed by atoms with Gasteiger partial charge in [-0.05, 0) is 56.2 Å². The van der Waals surface area contributed by atoms with Crippen LogP contribution in [0.5, 0.6) is 11.5 Å². The lowest BCUT2D eigenvalue weighted by atomic mass is 10.1. The molecule has 1 heterocycles. The van der Waals surface area contributed by atoms with E-state index in [1.54, 1.807) is 17.0 Å². The Morgan fingerprint density at radius 3 is 2.67 bits per heavy atom. The molecule has 30 heavy (non-hydrogen) atoms. The molecule has 1 fully saturated rings. The second-order valence-corrected chi connectivity index (χ2v) is 8.41. The monoisotopic (exact) mass is 448 g/mol.